The summed E-state index contributed by atoms with van der Waals surface area (Å²) >= 11 is 5.94. The van der Waals surface area contributed by atoms with Gasteiger partial charge in [0.05, 0.1) is 0 Å². The van der Waals surface area contributed by atoms with Crippen molar-refractivity contribution in [2.24, 2.45) is 5.73 Å². The maximum absolute atomic E-state index is 12.2. The Morgan fingerprint density at radius 3 is 2.55 bits per heavy atom. The SMILES string of the molecule is Cc1ccc(Cl)cc1NC(=O)c1ccc(CCN)cc1. The molecule has 0 bridgehead atoms. The molecular weight excluding hydrogens is 272 g/mol. The number of benzene rings is 2. The lowest BCUT2D eigenvalue weighted by molar-refractivity contribution is 0.102. The van der Waals surface area contributed by atoms with Crippen LogP contribution >= 0.6 is 11.6 Å². The van der Waals surface area contributed by atoms with Crippen molar-refractivity contribution in [2.75, 3.05) is 11.9 Å². The average molecular weight is 289 g/mol. The molecule has 0 aliphatic heterocycles. The summed E-state index contributed by atoms with van der Waals surface area (Å²) in [7, 11) is 0. The van der Waals surface area contributed by atoms with E-state index in [1.54, 1.807) is 24.3 Å². The highest BCUT2D eigenvalue weighted by molar-refractivity contribution is 6.31. The maximum atomic E-state index is 12.2. The summed E-state index contributed by atoms with van der Waals surface area (Å²) in [6.45, 7) is 2.53. The molecule has 0 aliphatic carbocycles. The summed E-state index contributed by atoms with van der Waals surface area (Å²) in [6.07, 6.45) is 0.815. The van der Waals surface area contributed by atoms with Crippen LogP contribution in [0.25, 0.3) is 0 Å². The van der Waals surface area contributed by atoms with Crippen LogP contribution in [0, 0.1) is 6.92 Å². The number of rotatable bonds is 4. The van der Waals surface area contributed by atoms with Gasteiger partial charge < -0.3 is 11.1 Å². The molecule has 0 atom stereocenters. The fourth-order valence-electron chi connectivity index (χ4n) is 1.91. The van der Waals surface area contributed by atoms with E-state index in [2.05, 4.69) is 5.32 Å². The molecule has 3 N–H and O–H groups in total. The third-order valence-corrected chi connectivity index (χ3v) is 3.33. The topological polar surface area (TPSA) is 55.1 Å². The van der Waals surface area contributed by atoms with Gasteiger partial charge in [-0.3, -0.25) is 4.79 Å². The number of hydrogen-bond acceptors (Lipinski definition) is 2. The van der Waals surface area contributed by atoms with Crippen LogP contribution in [0.4, 0.5) is 5.69 Å². The first-order chi connectivity index (χ1) is 9.60. The number of hydrogen-bond donors (Lipinski definition) is 2. The molecule has 0 heterocycles. The Morgan fingerprint density at radius 2 is 1.90 bits per heavy atom. The zero-order chi connectivity index (χ0) is 14.5. The first kappa shape index (κ1) is 14.6. The highest BCUT2D eigenvalue weighted by Crippen LogP contribution is 2.21. The molecule has 104 valence electrons. The zero-order valence-electron chi connectivity index (χ0n) is 11.3. The number of halogens is 1. The van der Waals surface area contributed by atoms with Gasteiger partial charge in [-0.25, -0.2) is 0 Å². The maximum Gasteiger partial charge on any atom is 0.255 e. The number of nitrogens with two attached hydrogens (primary N) is 1. The standard InChI is InChI=1S/C16H17ClN2O/c1-11-2-7-14(17)10-15(11)19-16(20)13-5-3-12(4-6-13)8-9-18/h2-7,10H,8-9,18H2,1H3,(H,19,20). The Bertz CT molecular complexity index is 608. The fourth-order valence-corrected chi connectivity index (χ4v) is 2.08. The first-order valence-electron chi connectivity index (χ1n) is 6.46. The average Bonchev–Trinajstić information content (AvgIpc) is 2.44. The number of anilines is 1. The third kappa shape index (κ3) is 3.59. The lowest BCUT2D eigenvalue weighted by Gasteiger charge is -2.09. The molecule has 0 unspecified atom stereocenters. The number of aryl methyl sites for hydroxylation is 1. The summed E-state index contributed by atoms with van der Waals surface area (Å²) in [6, 6.07) is 12.9. The van der Waals surface area contributed by atoms with Crippen LogP contribution in [0.2, 0.25) is 5.02 Å². The van der Waals surface area contributed by atoms with Crippen LogP contribution in [0.5, 0.6) is 0 Å². The van der Waals surface area contributed by atoms with Crippen molar-refractivity contribution in [3.8, 4) is 0 Å². The van der Waals surface area contributed by atoms with Gasteiger partial charge >= 0.3 is 0 Å². The Kier molecular flexibility index (Phi) is 4.77. The van der Waals surface area contributed by atoms with E-state index in [1.165, 1.54) is 0 Å². The van der Waals surface area contributed by atoms with E-state index in [4.69, 9.17) is 17.3 Å². The Morgan fingerprint density at radius 1 is 1.20 bits per heavy atom. The van der Waals surface area contributed by atoms with E-state index in [0.29, 0.717) is 17.1 Å². The molecule has 3 nitrogen and oxygen atoms in total. The van der Waals surface area contributed by atoms with Crippen LogP contribution in [-0.2, 0) is 6.42 Å². The van der Waals surface area contributed by atoms with Crippen molar-refractivity contribution in [3.05, 3.63) is 64.2 Å². The summed E-state index contributed by atoms with van der Waals surface area (Å²) < 4.78 is 0. The van der Waals surface area contributed by atoms with Crippen LogP contribution in [0.3, 0.4) is 0 Å². The van der Waals surface area contributed by atoms with Crippen LogP contribution in [0.1, 0.15) is 21.5 Å². The van der Waals surface area contributed by atoms with E-state index in [9.17, 15) is 4.79 Å². The normalized spacial score (nSPS) is 10.3. The molecule has 20 heavy (non-hydrogen) atoms. The molecule has 0 fully saturated rings. The van der Waals surface area contributed by atoms with Gasteiger partial charge in [0.15, 0.2) is 0 Å². The van der Waals surface area contributed by atoms with Gasteiger partial charge in [-0.1, -0.05) is 29.8 Å². The van der Waals surface area contributed by atoms with Crippen molar-refractivity contribution in [3.63, 3.8) is 0 Å². The summed E-state index contributed by atoms with van der Waals surface area (Å²) in [4.78, 5) is 12.2. The second-order valence-electron chi connectivity index (χ2n) is 4.65. The van der Waals surface area contributed by atoms with Gasteiger partial charge in [-0.2, -0.15) is 0 Å². The van der Waals surface area contributed by atoms with Crippen molar-refractivity contribution in [1.82, 2.24) is 0 Å². The molecule has 0 spiro atoms. The molecule has 2 aromatic rings. The number of carbonyl (C=O) groups excluding carboxylic acids is 1. The Hall–Kier alpha value is -1.84. The molecule has 0 saturated carbocycles. The molecule has 0 aromatic heterocycles. The van der Waals surface area contributed by atoms with Crippen LogP contribution in [-0.4, -0.2) is 12.5 Å². The zero-order valence-corrected chi connectivity index (χ0v) is 12.1. The quantitative estimate of drug-likeness (QED) is 0.906. The van der Waals surface area contributed by atoms with E-state index in [-0.39, 0.29) is 5.91 Å². The first-order valence-corrected chi connectivity index (χ1v) is 6.84. The van der Waals surface area contributed by atoms with Crippen molar-refractivity contribution in [2.45, 2.75) is 13.3 Å². The molecule has 4 heteroatoms. The van der Waals surface area contributed by atoms with Gasteiger partial charge in [0.25, 0.3) is 5.91 Å². The lowest BCUT2D eigenvalue weighted by Crippen LogP contribution is -2.13. The Labute approximate surface area is 123 Å². The van der Waals surface area contributed by atoms with Crippen molar-refractivity contribution in [1.29, 1.82) is 0 Å². The summed E-state index contributed by atoms with van der Waals surface area (Å²) in [5.74, 6) is -0.144. The predicted octanol–water partition coefficient (Wildman–Crippen LogP) is 3.40. The lowest BCUT2D eigenvalue weighted by atomic mass is 10.1. The monoisotopic (exact) mass is 288 g/mol. The van der Waals surface area contributed by atoms with Gasteiger partial charge in [0.1, 0.15) is 0 Å². The largest absolute Gasteiger partial charge is 0.330 e. The van der Waals surface area contributed by atoms with E-state index < -0.39 is 0 Å². The summed E-state index contributed by atoms with van der Waals surface area (Å²) in [5, 5.41) is 3.47. The highest BCUT2D eigenvalue weighted by atomic mass is 35.5. The molecule has 0 saturated heterocycles. The van der Waals surface area contributed by atoms with Gasteiger partial charge in [-0.05, 0) is 55.3 Å². The van der Waals surface area contributed by atoms with Gasteiger partial charge in [-0.15, -0.1) is 0 Å². The van der Waals surface area contributed by atoms with Crippen molar-refractivity contribution >= 4 is 23.2 Å². The second-order valence-corrected chi connectivity index (χ2v) is 5.09. The predicted molar refractivity (Wildman–Crippen MR) is 83.3 cm³/mol. The summed E-state index contributed by atoms with van der Waals surface area (Å²) in [5.41, 5.74) is 8.95. The van der Waals surface area contributed by atoms with Gasteiger partial charge in [0.2, 0.25) is 0 Å². The molecule has 2 aromatic carbocycles. The Balaban J connectivity index is 2.13. The molecule has 2 rings (SSSR count). The molecule has 0 radical (unpaired) electrons. The van der Waals surface area contributed by atoms with Gasteiger partial charge in [0, 0.05) is 16.3 Å². The second kappa shape index (κ2) is 6.55. The highest BCUT2D eigenvalue weighted by Gasteiger charge is 2.08. The molecule has 0 aliphatic rings. The van der Waals surface area contributed by atoms with Crippen LogP contribution < -0.4 is 11.1 Å². The number of nitrogens with one attached hydrogen (secondary N) is 1. The third-order valence-electron chi connectivity index (χ3n) is 3.10. The van der Waals surface area contributed by atoms with Crippen LogP contribution in [0.15, 0.2) is 42.5 Å². The minimum Gasteiger partial charge on any atom is -0.330 e. The number of amides is 1. The van der Waals surface area contributed by atoms with E-state index >= 15 is 0 Å². The molecular formula is C16H17ClN2O. The van der Waals surface area contributed by atoms with E-state index in [0.717, 1.165) is 23.2 Å². The minimum atomic E-state index is -0.144. The fraction of sp³-hybridized carbons (Fsp3) is 0.188. The number of carbonyl (C=O) groups is 1. The van der Waals surface area contributed by atoms with E-state index in [1.807, 2.05) is 25.1 Å². The van der Waals surface area contributed by atoms with Crippen molar-refractivity contribution < 1.29 is 4.79 Å². The minimum absolute atomic E-state index is 0.144. The molecule has 1 amide bonds. The smallest absolute Gasteiger partial charge is 0.255 e.